The van der Waals surface area contributed by atoms with Crippen molar-refractivity contribution in [1.82, 2.24) is 19.6 Å². The Labute approximate surface area is 192 Å². The molecule has 2 atom stereocenters. The van der Waals surface area contributed by atoms with E-state index in [1.807, 2.05) is 42.2 Å². The van der Waals surface area contributed by atoms with E-state index in [1.165, 1.54) is 12.1 Å². The van der Waals surface area contributed by atoms with Gasteiger partial charge in [-0.3, -0.25) is 9.59 Å². The van der Waals surface area contributed by atoms with Gasteiger partial charge >= 0.3 is 0 Å². The number of nitrogens with zero attached hydrogens (tertiary/aromatic N) is 4. The molecule has 7 heteroatoms. The SMILES string of the molecule is Cc1nn(-c2ccccc2)c2c1C(C(C)C)N(C1CCN(C(=O)c3ccccc3F)C1)C2=O. The number of amides is 2. The van der Waals surface area contributed by atoms with E-state index in [2.05, 4.69) is 13.8 Å². The highest BCUT2D eigenvalue weighted by atomic mass is 19.1. The lowest BCUT2D eigenvalue weighted by atomic mass is 9.95. The van der Waals surface area contributed by atoms with Crippen molar-refractivity contribution >= 4 is 11.8 Å². The lowest BCUT2D eigenvalue weighted by molar-refractivity contribution is 0.0549. The zero-order valence-electron chi connectivity index (χ0n) is 19.0. The van der Waals surface area contributed by atoms with Gasteiger partial charge in [0.15, 0.2) is 0 Å². The van der Waals surface area contributed by atoms with Crippen LogP contribution in [0.5, 0.6) is 0 Å². The van der Waals surface area contributed by atoms with Crippen molar-refractivity contribution in [3.05, 3.63) is 82.9 Å². The molecule has 33 heavy (non-hydrogen) atoms. The number of benzene rings is 2. The number of aromatic nitrogens is 2. The van der Waals surface area contributed by atoms with Crippen LogP contribution in [-0.4, -0.2) is 50.5 Å². The van der Waals surface area contributed by atoms with Gasteiger partial charge in [-0.05, 0) is 43.5 Å². The average molecular weight is 447 g/mol. The zero-order chi connectivity index (χ0) is 23.3. The third kappa shape index (κ3) is 3.43. The highest BCUT2D eigenvalue weighted by Crippen LogP contribution is 2.43. The summed E-state index contributed by atoms with van der Waals surface area (Å²) in [6.07, 6.45) is 0.664. The lowest BCUT2D eigenvalue weighted by Crippen LogP contribution is -2.43. The van der Waals surface area contributed by atoms with Crippen LogP contribution in [0.2, 0.25) is 0 Å². The second-order valence-electron chi connectivity index (χ2n) is 9.17. The number of carbonyl (C=O) groups is 2. The molecule has 6 nitrogen and oxygen atoms in total. The number of halogens is 1. The van der Waals surface area contributed by atoms with Crippen LogP contribution in [0.15, 0.2) is 54.6 Å². The van der Waals surface area contributed by atoms with Gasteiger partial charge in [-0.1, -0.05) is 44.2 Å². The fourth-order valence-electron chi connectivity index (χ4n) is 5.25. The van der Waals surface area contributed by atoms with Gasteiger partial charge < -0.3 is 9.80 Å². The average Bonchev–Trinajstić information content (AvgIpc) is 3.49. The topological polar surface area (TPSA) is 58.4 Å². The number of para-hydroxylation sites is 1. The molecular weight excluding hydrogens is 419 g/mol. The Bertz CT molecular complexity index is 1220. The molecule has 0 bridgehead atoms. The maximum absolute atomic E-state index is 14.2. The van der Waals surface area contributed by atoms with E-state index in [0.29, 0.717) is 25.2 Å². The molecule has 1 fully saturated rings. The maximum Gasteiger partial charge on any atom is 0.273 e. The van der Waals surface area contributed by atoms with Gasteiger partial charge in [-0.15, -0.1) is 0 Å². The minimum absolute atomic E-state index is 0.0571. The monoisotopic (exact) mass is 446 g/mol. The van der Waals surface area contributed by atoms with Crippen molar-refractivity contribution in [2.45, 2.75) is 39.3 Å². The fourth-order valence-corrected chi connectivity index (χ4v) is 5.25. The van der Waals surface area contributed by atoms with E-state index in [0.717, 1.165) is 16.9 Å². The van der Waals surface area contributed by atoms with Gasteiger partial charge in [0.1, 0.15) is 11.5 Å². The minimum atomic E-state index is -0.519. The Hall–Kier alpha value is -3.48. The summed E-state index contributed by atoms with van der Waals surface area (Å²) in [5, 5.41) is 4.70. The molecule has 0 aliphatic carbocycles. The van der Waals surface area contributed by atoms with Crippen LogP contribution in [0.3, 0.4) is 0 Å². The molecule has 1 saturated heterocycles. The third-order valence-corrected chi connectivity index (χ3v) is 6.72. The number of aryl methyl sites for hydroxylation is 1. The zero-order valence-corrected chi connectivity index (χ0v) is 19.0. The predicted octanol–water partition coefficient (Wildman–Crippen LogP) is 4.39. The van der Waals surface area contributed by atoms with Crippen molar-refractivity contribution in [3.8, 4) is 5.69 Å². The Morgan fingerprint density at radius 3 is 2.48 bits per heavy atom. The third-order valence-electron chi connectivity index (χ3n) is 6.72. The van der Waals surface area contributed by atoms with E-state index in [-0.39, 0.29) is 35.4 Å². The fraction of sp³-hybridized carbons (Fsp3) is 0.346. The van der Waals surface area contributed by atoms with Gasteiger partial charge in [-0.2, -0.15) is 5.10 Å². The quantitative estimate of drug-likeness (QED) is 0.597. The maximum atomic E-state index is 14.2. The van der Waals surface area contributed by atoms with E-state index in [9.17, 15) is 14.0 Å². The van der Waals surface area contributed by atoms with Crippen LogP contribution in [0.4, 0.5) is 4.39 Å². The lowest BCUT2D eigenvalue weighted by Gasteiger charge is -2.33. The number of fused-ring (bicyclic) bond motifs is 1. The first-order valence-electron chi connectivity index (χ1n) is 11.4. The normalized spacial score (nSPS) is 20.1. The molecule has 0 saturated carbocycles. The molecule has 1 aromatic heterocycles. The number of hydrogen-bond acceptors (Lipinski definition) is 3. The number of rotatable bonds is 4. The van der Waals surface area contributed by atoms with Crippen LogP contribution < -0.4 is 0 Å². The molecule has 3 heterocycles. The van der Waals surface area contributed by atoms with Gasteiger partial charge in [0.05, 0.1) is 29.0 Å². The molecule has 2 amide bonds. The van der Waals surface area contributed by atoms with Crippen LogP contribution in [0.1, 0.15) is 58.4 Å². The molecular formula is C26H27FN4O2. The highest BCUT2D eigenvalue weighted by molar-refractivity contribution is 5.99. The molecule has 2 aromatic carbocycles. The van der Waals surface area contributed by atoms with Crippen molar-refractivity contribution < 1.29 is 14.0 Å². The van der Waals surface area contributed by atoms with Crippen molar-refractivity contribution in [2.75, 3.05) is 13.1 Å². The number of carbonyl (C=O) groups excluding carboxylic acids is 2. The first-order chi connectivity index (χ1) is 15.9. The molecule has 0 N–H and O–H groups in total. The summed E-state index contributed by atoms with van der Waals surface area (Å²) < 4.78 is 15.9. The van der Waals surface area contributed by atoms with Crippen molar-refractivity contribution in [3.63, 3.8) is 0 Å². The predicted molar refractivity (Wildman–Crippen MR) is 123 cm³/mol. The Morgan fingerprint density at radius 1 is 1.09 bits per heavy atom. The first-order valence-corrected chi connectivity index (χ1v) is 11.4. The number of likely N-dealkylation sites (tertiary alicyclic amines) is 1. The highest BCUT2D eigenvalue weighted by Gasteiger charge is 2.48. The summed E-state index contributed by atoms with van der Waals surface area (Å²) >= 11 is 0. The molecule has 5 rings (SSSR count). The summed E-state index contributed by atoms with van der Waals surface area (Å²) in [5.74, 6) is -0.723. The second kappa shape index (κ2) is 8.14. The van der Waals surface area contributed by atoms with Crippen LogP contribution in [-0.2, 0) is 0 Å². The summed E-state index contributed by atoms with van der Waals surface area (Å²) in [5.41, 5.74) is 3.35. The smallest absolute Gasteiger partial charge is 0.273 e. The molecule has 2 aliphatic rings. The molecule has 0 radical (unpaired) electrons. The second-order valence-corrected chi connectivity index (χ2v) is 9.17. The van der Waals surface area contributed by atoms with Crippen LogP contribution in [0, 0.1) is 18.7 Å². The molecule has 170 valence electrons. The van der Waals surface area contributed by atoms with E-state index in [4.69, 9.17) is 5.10 Å². The Balaban J connectivity index is 1.47. The van der Waals surface area contributed by atoms with Crippen LogP contribution >= 0.6 is 0 Å². The molecule has 3 aromatic rings. The molecule has 2 unspecified atom stereocenters. The molecule has 2 aliphatic heterocycles. The van der Waals surface area contributed by atoms with E-state index >= 15 is 0 Å². The Morgan fingerprint density at radius 2 is 1.79 bits per heavy atom. The van der Waals surface area contributed by atoms with Gasteiger partial charge in [-0.25, -0.2) is 9.07 Å². The van der Waals surface area contributed by atoms with Crippen LogP contribution in [0.25, 0.3) is 5.69 Å². The first kappa shape index (κ1) is 21.4. The summed E-state index contributed by atoms with van der Waals surface area (Å²) in [6.45, 7) is 7.05. The van der Waals surface area contributed by atoms with Gasteiger partial charge in [0, 0.05) is 18.7 Å². The minimum Gasteiger partial charge on any atom is -0.336 e. The number of hydrogen-bond donors (Lipinski definition) is 0. The summed E-state index contributed by atoms with van der Waals surface area (Å²) in [4.78, 5) is 30.4. The Kier molecular flexibility index (Phi) is 5.27. The van der Waals surface area contributed by atoms with E-state index in [1.54, 1.807) is 21.7 Å². The standard InChI is InChI=1S/C26H27FN4O2/c1-16(2)23-22-17(3)28-31(18-9-5-4-6-10-18)24(22)26(33)30(23)19-13-14-29(15-19)25(32)20-11-7-8-12-21(20)27/h4-12,16,19,23H,13-15H2,1-3H3. The summed E-state index contributed by atoms with van der Waals surface area (Å²) in [6, 6.07) is 15.5. The van der Waals surface area contributed by atoms with Crippen molar-refractivity contribution in [1.29, 1.82) is 0 Å². The largest absolute Gasteiger partial charge is 0.336 e. The summed E-state index contributed by atoms with van der Waals surface area (Å²) in [7, 11) is 0. The van der Waals surface area contributed by atoms with Gasteiger partial charge in [0.2, 0.25) is 0 Å². The van der Waals surface area contributed by atoms with Gasteiger partial charge in [0.25, 0.3) is 11.8 Å². The van der Waals surface area contributed by atoms with Crippen molar-refractivity contribution in [2.24, 2.45) is 5.92 Å². The molecule has 0 spiro atoms. The van der Waals surface area contributed by atoms with E-state index < -0.39 is 5.82 Å².